The van der Waals surface area contributed by atoms with Crippen LogP contribution < -0.4 is 9.84 Å². The van der Waals surface area contributed by atoms with E-state index in [1.54, 1.807) is 0 Å². The summed E-state index contributed by atoms with van der Waals surface area (Å²) in [7, 11) is 0.944. The largest absolute Gasteiger partial charge is 0.544 e. The third kappa shape index (κ3) is 3.00. The number of hydrogen-bond acceptors (Lipinski definition) is 6. The number of alkyl halides is 4. The van der Waals surface area contributed by atoms with Crippen molar-refractivity contribution in [2.45, 2.75) is 11.8 Å². The Morgan fingerprint density at radius 1 is 1.05 bits per heavy atom. The lowest BCUT2D eigenvalue weighted by atomic mass is 10.1. The van der Waals surface area contributed by atoms with E-state index >= 15 is 0 Å². The van der Waals surface area contributed by atoms with Crippen LogP contribution in [0.25, 0.3) is 0 Å². The van der Waals surface area contributed by atoms with E-state index < -0.39 is 41.1 Å². The number of aliphatic carboxylic acids is 1. The molecule has 0 bridgehead atoms. The summed E-state index contributed by atoms with van der Waals surface area (Å²) in [4.78, 5) is 32.5. The molecule has 0 unspecified atom stereocenters. The van der Waals surface area contributed by atoms with E-state index in [0.29, 0.717) is 0 Å². The Hall–Kier alpha value is -2.65. The average Bonchev–Trinajstić information content (AvgIpc) is 2.46. The molecule has 0 atom stereocenters. The molecule has 0 saturated carbocycles. The normalized spacial score (nSPS) is 11.7. The number of carbonyl (C=O) groups excluding carboxylic acids is 3. The van der Waals surface area contributed by atoms with Gasteiger partial charge in [0.05, 0.1) is 7.11 Å². The number of ether oxygens (including phenoxy) is 2. The second-order valence-corrected chi connectivity index (χ2v) is 3.81. The van der Waals surface area contributed by atoms with Crippen LogP contribution in [-0.2, 0) is 14.3 Å². The van der Waals surface area contributed by atoms with Gasteiger partial charge in [-0.15, -0.1) is 0 Å². The molecule has 0 fully saturated rings. The molecule has 1 aromatic rings. The minimum Gasteiger partial charge on any atom is -0.544 e. The number of halogens is 4. The molecule has 1 aromatic carbocycles. The number of carboxylic acids is 1. The first kappa shape index (κ1) is 17.4. The van der Waals surface area contributed by atoms with Gasteiger partial charge in [-0.25, -0.2) is 9.59 Å². The minimum atomic E-state index is -5.79. The van der Waals surface area contributed by atoms with Gasteiger partial charge in [0.1, 0.15) is 17.3 Å². The van der Waals surface area contributed by atoms with Gasteiger partial charge >= 0.3 is 23.8 Å². The van der Waals surface area contributed by atoms with Crippen molar-refractivity contribution in [1.82, 2.24) is 0 Å². The summed E-state index contributed by atoms with van der Waals surface area (Å²) in [6.07, 6.45) is 0. The summed E-state index contributed by atoms with van der Waals surface area (Å²) in [6.45, 7) is 0. The van der Waals surface area contributed by atoms with Crippen molar-refractivity contribution in [2.75, 3.05) is 7.11 Å². The molecule has 10 heteroatoms. The van der Waals surface area contributed by atoms with Crippen LogP contribution in [0.4, 0.5) is 17.6 Å². The van der Waals surface area contributed by atoms with Crippen molar-refractivity contribution < 1.29 is 46.5 Å². The van der Waals surface area contributed by atoms with Gasteiger partial charge in [-0.2, -0.15) is 17.6 Å². The average molecular weight is 323 g/mol. The molecule has 0 aliphatic rings. The van der Waals surface area contributed by atoms with E-state index in [-0.39, 0.29) is 0 Å². The fourth-order valence-electron chi connectivity index (χ4n) is 1.25. The second-order valence-electron chi connectivity index (χ2n) is 3.81. The van der Waals surface area contributed by atoms with Gasteiger partial charge < -0.3 is 19.4 Å². The van der Waals surface area contributed by atoms with Crippen molar-refractivity contribution in [3.05, 3.63) is 29.8 Å². The molecule has 0 amide bonds. The molecular formula is C12H7F4O6-. The van der Waals surface area contributed by atoms with Gasteiger partial charge in [0, 0.05) is 0 Å². The molecule has 6 nitrogen and oxygen atoms in total. The predicted octanol–water partition coefficient (Wildman–Crippen LogP) is 0.399. The van der Waals surface area contributed by atoms with Crippen molar-refractivity contribution >= 4 is 17.9 Å². The Kier molecular flexibility index (Phi) is 4.74. The number of carboxylic acid groups (broad SMARTS) is 1. The van der Waals surface area contributed by atoms with Crippen LogP contribution in [0.1, 0.15) is 10.4 Å². The highest BCUT2D eigenvalue weighted by Crippen LogP contribution is 2.35. The third-order valence-corrected chi connectivity index (χ3v) is 2.40. The Morgan fingerprint density at radius 3 is 2.09 bits per heavy atom. The predicted molar refractivity (Wildman–Crippen MR) is 58.3 cm³/mol. The number of carbonyl (C=O) groups is 3. The summed E-state index contributed by atoms with van der Waals surface area (Å²) in [5.41, 5.74) is -0.495. The number of rotatable bonds is 5. The first-order chi connectivity index (χ1) is 10.1. The lowest BCUT2D eigenvalue weighted by Gasteiger charge is -2.25. The molecule has 1 rings (SSSR count). The van der Waals surface area contributed by atoms with E-state index in [4.69, 9.17) is 0 Å². The first-order valence-corrected chi connectivity index (χ1v) is 5.42. The zero-order chi connectivity index (χ0) is 17.1. The monoisotopic (exact) mass is 323 g/mol. The van der Waals surface area contributed by atoms with Crippen LogP contribution in [0.5, 0.6) is 5.75 Å². The summed E-state index contributed by atoms with van der Waals surface area (Å²) in [6, 6.07) is 4.29. The Bertz CT molecular complexity index is 613. The van der Waals surface area contributed by atoms with Gasteiger partial charge in [-0.05, 0) is 12.1 Å². The fraction of sp³-hybridized carbons (Fsp3) is 0.250. The van der Waals surface area contributed by atoms with Gasteiger partial charge in [0.25, 0.3) is 0 Å². The molecule has 0 aromatic heterocycles. The van der Waals surface area contributed by atoms with Crippen LogP contribution in [-0.4, -0.2) is 36.9 Å². The van der Waals surface area contributed by atoms with E-state index in [1.165, 1.54) is 6.07 Å². The quantitative estimate of drug-likeness (QED) is 0.442. The zero-order valence-corrected chi connectivity index (χ0v) is 10.8. The zero-order valence-electron chi connectivity index (χ0n) is 10.8. The molecule has 120 valence electrons. The maximum absolute atomic E-state index is 13.2. The fourth-order valence-corrected chi connectivity index (χ4v) is 1.25. The van der Waals surface area contributed by atoms with E-state index in [2.05, 4.69) is 9.47 Å². The van der Waals surface area contributed by atoms with E-state index in [1.807, 2.05) is 0 Å². The van der Waals surface area contributed by atoms with Crippen LogP contribution in [0, 0.1) is 0 Å². The highest BCUT2D eigenvalue weighted by Gasteiger charge is 2.64. The molecule has 0 saturated heterocycles. The summed E-state index contributed by atoms with van der Waals surface area (Å²) in [5, 5.41) is 10.0. The third-order valence-electron chi connectivity index (χ3n) is 2.40. The van der Waals surface area contributed by atoms with Crippen LogP contribution in [0.15, 0.2) is 24.3 Å². The van der Waals surface area contributed by atoms with Crippen LogP contribution in [0.3, 0.4) is 0 Å². The summed E-state index contributed by atoms with van der Waals surface area (Å²) >= 11 is 0. The standard InChI is InChI=1S/C12H8F4O6/c1-21-8(17)6-4-2-3-5-7(6)22-10(20)12(15,16)11(13,14)9(18)19/h2-5H,1H3,(H,18,19)/p-1. The number of hydrogen-bond donors (Lipinski definition) is 0. The number of esters is 2. The molecule has 0 N–H and O–H groups in total. The van der Waals surface area contributed by atoms with Crippen molar-refractivity contribution in [1.29, 1.82) is 0 Å². The molecule has 0 spiro atoms. The van der Waals surface area contributed by atoms with E-state index in [0.717, 1.165) is 25.3 Å². The molecule has 22 heavy (non-hydrogen) atoms. The first-order valence-electron chi connectivity index (χ1n) is 5.42. The van der Waals surface area contributed by atoms with Gasteiger partial charge in [0.2, 0.25) is 0 Å². The second kappa shape index (κ2) is 6.00. The highest BCUT2D eigenvalue weighted by molar-refractivity contribution is 5.95. The van der Waals surface area contributed by atoms with Crippen LogP contribution in [0.2, 0.25) is 0 Å². The lowest BCUT2D eigenvalue weighted by molar-refractivity contribution is -0.346. The molecule has 0 aliphatic carbocycles. The van der Waals surface area contributed by atoms with E-state index in [9.17, 15) is 37.1 Å². The van der Waals surface area contributed by atoms with Gasteiger partial charge in [-0.1, -0.05) is 12.1 Å². The lowest BCUT2D eigenvalue weighted by Crippen LogP contribution is -2.58. The Balaban J connectivity index is 3.13. The molecular weight excluding hydrogens is 316 g/mol. The number of benzene rings is 1. The van der Waals surface area contributed by atoms with Crippen molar-refractivity contribution in [2.24, 2.45) is 0 Å². The SMILES string of the molecule is COC(=O)c1ccccc1OC(=O)C(F)(F)C(F)(F)C(=O)[O-]. The summed E-state index contributed by atoms with van der Waals surface area (Å²) in [5.74, 6) is -19.7. The Labute approximate surface area is 120 Å². The van der Waals surface area contributed by atoms with Gasteiger partial charge in [0.15, 0.2) is 0 Å². The summed E-state index contributed by atoms with van der Waals surface area (Å²) < 4.78 is 60.3. The number of methoxy groups -OCH3 is 1. The maximum Gasteiger partial charge on any atom is 0.410 e. The van der Waals surface area contributed by atoms with Crippen LogP contribution >= 0.6 is 0 Å². The van der Waals surface area contributed by atoms with Crippen molar-refractivity contribution in [3.63, 3.8) is 0 Å². The Morgan fingerprint density at radius 2 is 1.59 bits per heavy atom. The highest BCUT2D eigenvalue weighted by atomic mass is 19.3. The smallest absolute Gasteiger partial charge is 0.410 e. The maximum atomic E-state index is 13.2. The molecule has 0 heterocycles. The van der Waals surface area contributed by atoms with Crippen molar-refractivity contribution in [3.8, 4) is 5.75 Å². The molecule has 0 radical (unpaired) electrons. The van der Waals surface area contributed by atoms with Gasteiger partial charge in [-0.3, -0.25) is 0 Å². The minimum absolute atomic E-state index is 0.495. The topological polar surface area (TPSA) is 92.7 Å². The number of para-hydroxylation sites is 1. The molecule has 0 aliphatic heterocycles.